The summed E-state index contributed by atoms with van der Waals surface area (Å²) in [7, 11) is 0. The molecule has 1 heterocycles. The largest absolute Gasteiger partial charge is 0.456 e. The van der Waals surface area contributed by atoms with Crippen molar-refractivity contribution in [2.24, 2.45) is 5.92 Å². The molecular formula is C42H28O. The molecule has 0 N–H and O–H groups in total. The van der Waals surface area contributed by atoms with Gasteiger partial charge in [-0.1, -0.05) is 133 Å². The smallest absolute Gasteiger partial charge is 0.136 e. The molecule has 43 heavy (non-hydrogen) atoms. The first kappa shape index (κ1) is 24.2. The third-order valence-electron chi connectivity index (χ3n) is 9.18. The number of furan rings is 1. The van der Waals surface area contributed by atoms with Crippen molar-refractivity contribution >= 4 is 38.6 Å². The summed E-state index contributed by atoms with van der Waals surface area (Å²) in [6, 6.07) is 44.0. The monoisotopic (exact) mass is 548 g/mol. The van der Waals surface area contributed by atoms with Crippen LogP contribution in [0.25, 0.3) is 72.0 Å². The van der Waals surface area contributed by atoms with Gasteiger partial charge in [-0.15, -0.1) is 0 Å². The molecule has 0 amide bonds. The number of hydrogen-bond donors (Lipinski definition) is 0. The predicted molar refractivity (Wildman–Crippen MR) is 181 cm³/mol. The summed E-state index contributed by atoms with van der Waals surface area (Å²) in [5.41, 5.74) is 11.0. The number of allylic oxidation sites excluding steroid dienone is 5. The maximum atomic E-state index is 6.75. The fourth-order valence-corrected chi connectivity index (χ4v) is 7.27. The molecule has 0 saturated carbocycles. The second-order valence-corrected chi connectivity index (χ2v) is 11.6. The first-order valence-electron chi connectivity index (χ1n) is 15.0. The van der Waals surface area contributed by atoms with Gasteiger partial charge in [-0.2, -0.15) is 0 Å². The van der Waals surface area contributed by atoms with Crippen LogP contribution in [-0.4, -0.2) is 0 Å². The molecule has 0 saturated heterocycles. The lowest BCUT2D eigenvalue weighted by Crippen LogP contribution is -2.10. The molecule has 1 aromatic heterocycles. The van der Waals surface area contributed by atoms with E-state index >= 15 is 0 Å². The fraction of sp³-hybridized carbons (Fsp3) is 0.0476. The van der Waals surface area contributed by atoms with E-state index in [1.165, 1.54) is 71.4 Å². The molecule has 0 radical (unpaired) electrons. The van der Waals surface area contributed by atoms with Crippen molar-refractivity contribution in [2.45, 2.75) is 6.42 Å². The Morgan fingerprint density at radius 1 is 0.558 bits per heavy atom. The fourth-order valence-electron chi connectivity index (χ4n) is 7.27. The van der Waals surface area contributed by atoms with Gasteiger partial charge in [0.05, 0.1) is 0 Å². The number of benzene rings is 6. The van der Waals surface area contributed by atoms with Crippen LogP contribution < -0.4 is 0 Å². The van der Waals surface area contributed by atoms with Crippen LogP contribution >= 0.6 is 0 Å². The highest BCUT2D eigenvalue weighted by Gasteiger charge is 2.28. The highest BCUT2D eigenvalue weighted by molar-refractivity contribution is 6.24. The molecule has 0 aliphatic heterocycles. The second kappa shape index (κ2) is 9.58. The van der Waals surface area contributed by atoms with Gasteiger partial charge in [0.2, 0.25) is 0 Å². The molecule has 9 rings (SSSR count). The van der Waals surface area contributed by atoms with E-state index in [-0.39, 0.29) is 0 Å². The lowest BCUT2D eigenvalue weighted by Gasteiger charge is -2.22. The van der Waals surface area contributed by atoms with Crippen molar-refractivity contribution in [1.82, 2.24) is 0 Å². The van der Waals surface area contributed by atoms with Crippen molar-refractivity contribution in [3.8, 4) is 33.4 Å². The van der Waals surface area contributed by atoms with Gasteiger partial charge in [0, 0.05) is 16.9 Å². The average molecular weight is 549 g/mol. The minimum Gasteiger partial charge on any atom is -0.456 e. The van der Waals surface area contributed by atoms with Crippen LogP contribution in [0.2, 0.25) is 0 Å². The Bertz CT molecular complexity index is 2240. The first-order chi connectivity index (χ1) is 21.3. The lowest BCUT2D eigenvalue weighted by atomic mass is 9.80. The Balaban J connectivity index is 1.44. The van der Waals surface area contributed by atoms with Crippen LogP contribution in [0.3, 0.4) is 0 Å². The number of fused-ring (bicyclic) bond motifs is 6. The van der Waals surface area contributed by atoms with Crippen LogP contribution in [-0.2, 0) is 6.42 Å². The van der Waals surface area contributed by atoms with Crippen LogP contribution in [0.1, 0.15) is 11.3 Å². The highest BCUT2D eigenvalue weighted by atomic mass is 16.3. The Labute approximate surface area is 250 Å². The predicted octanol–water partition coefficient (Wildman–Crippen LogP) is 11.4. The zero-order valence-electron chi connectivity index (χ0n) is 23.6. The van der Waals surface area contributed by atoms with E-state index in [9.17, 15) is 0 Å². The van der Waals surface area contributed by atoms with Crippen molar-refractivity contribution in [1.29, 1.82) is 0 Å². The van der Waals surface area contributed by atoms with Gasteiger partial charge in [0.15, 0.2) is 0 Å². The highest BCUT2D eigenvalue weighted by Crippen LogP contribution is 2.49. The molecule has 1 nitrogen and oxygen atoms in total. The molecule has 6 aromatic carbocycles. The van der Waals surface area contributed by atoms with Crippen LogP contribution in [0, 0.1) is 5.92 Å². The van der Waals surface area contributed by atoms with Crippen molar-refractivity contribution in [3.05, 3.63) is 163 Å². The normalized spacial score (nSPS) is 15.5. The molecule has 0 spiro atoms. The van der Waals surface area contributed by atoms with E-state index in [0.717, 1.165) is 17.8 Å². The molecule has 0 bridgehead atoms. The molecule has 2 aliphatic carbocycles. The van der Waals surface area contributed by atoms with Gasteiger partial charge in [-0.05, 0) is 85.1 Å². The van der Waals surface area contributed by atoms with E-state index in [1.807, 2.05) is 0 Å². The van der Waals surface area contributed by atoms with Crippen molar-refractivity contribution in [2.75, 3.05) is 0 Å². The topological polar surface area (TPSA) is 13.1 Å². The summed E-state index contributed by atoms with van der Waals surface area (Å²) in [6.45, 7) is 0. The minimum absolute atomic E-state index is 0.369. The summed E-state index contributed by atoms with van der Waals surface area (Å²) < 4.78 is 6.75. The summed E-state index contributed by atoms with van der Waals surface area (Å²) in [5.74, 6) is 1.36. The maximum absolute atomic E-state index is 6.75. The minimum atomic E-state index is 0.369. The molecule has 1 unspecified atom stereocenters. The van der Waals surface area contributed by atoms with Gasteiger partial charge < -0.3 is 4.42 Å². The van der Waals surface area contributed by atoms with E-state index in [4.69, 9.17) is 4.42 Å². The second-order valence-electron chi connectivity index (χ2n) is 11.6. The quantitative estimate of drug-likeness (QED) is 0.200. The molecule has 202 valence electrons. The van der Waals surface area contributed by atoms with E-state index in [1.54, 1.807) is 0 Å². The average Bonchev–Trinajstić information content (AvgIpc) is 3.43. The van der Waals surface area contributed by atoms with Crippen molar-refractivity contribution in [3.63, 3.8) is 0 Å². The van der Waals surface area contributed by atoms with E-state index < -0.39 is 0 Å². The first-order valence-corrected chi connectivity index (χ1v) is 15.0. The van der Waals surface area contributed by atoms with Crippen molar-refractivity contribution < 1.29 is 4.42 Å². The van der Waals surface area contributed by atoms with Gasteiger partial charge in [0.25, 0.3) is 0 Å². The zero-order chi connectivity index (χ0) is 28.3. The molecular weight excluding hydrogens is 520 g/mol. The summed E-state index contributed by atoms with van der Waals surface area (Å²) >= 11 is 0. The molecule has 0 fully saturated rings. The van der Waals surface area contributed by atoms with Crippen LogP contribution in [0.4, 0.5) is 0 Å². The van der Waals surface area contributed by atoms with Gasteiger partial charge in [-0.25, -0.2) is 0 Å². The van der Waals surface area contributed by atoms with E-state index in [2.05, 4.69) is 152 Å². The number of rotatable bonds is 3. The number of hydrogen-bond acceptors (Lipinski definition) is 1. The molecule has 1 heteroatoms. The Morgan fingerprint density at radius 3 is 1.84 bits per heavy atom. The van der Waals surface area contributed by atoms with Crippen LogP contribution in [0.15, 0.2) is 156 Å². The third kappa shape index (κ3) is 3.78. The van der Waals surface area contributed by atoms with Gasteiger partial charge in [0.1, 0.15) is 11.3 Å². The van der Waals surface area contributed by atoms with E-state index in [0.29, 0.717) is 5.92 Å². The Hall–Kier alpha value is -5.40. The summed E-state index contributed by atoms with van der Waals surface area (Å²) in [6.07, 6.45) is 12.0. The SMILES string of the molecule is C1=CC2=Cc3oc4cc(-c5ccccc5)cc(-c5c6ccccc6c(-c6ccccc6)c6ccccc56)c4c3CC2C=C1. The van der Waals surface area contributed by atoms with Gasteiger partial charge in [-0.3, -0.25) is 0 Å². The Kier molecular flexibility index (Phi) is 5.39. The molecule has 2 aliphatic rings. The Morgan fingerprint density at radius 2 is 1.16 bits per heavy atom. The third-order valence-corrected chi connectivity index (χ3v) is 9.18. The summed E-state index contributed by atoms with van der Waals surface area (Å²) in [4.78, 5) is 0. The standard InChI is InChI=1S/C42H28O/c1-3-13-27(14-4-1)31-24-37(42-36-23-29-17-7-8-18-30(29)25-38(36)43-39(42)26-31)41-34-21-11-9-19-32(34)40(28-15-5-2-6-16-28)33-20-10-12-22-35(33)41/h1-22,24-26,29H,23H2. The molecule has 7 aromatic rings. The zero-order valence-corrected chi connectivity index (χ0v) is 23.6. The molecule has 1 atom stereocenters. The summed E-state index contributed by atoms with van der Waals surface area (Å²) in [5, 5.41) is 6.28. The van der Waals surface area contributed by atoms with Crippen LogP contribution in [0.5, 0.6) is 0 Å². The van der Waals surface area contributed by atoms with Gasteiger partial charge >= 0.3 is 0 Å². The maximum Gasteiger partial charge on any atom is 0.136 e. The lowest BCUT2D eigenvalue weighted by molar-refractivity contribution is 0.586.